The largest absolute Gasteiger partial charge is 0.335 e. The summed E-state index contributed by atoms with van der Waals surface area (Å²) in [6, 6.07) is 0. The Kier molecular flexibility index (Phi) is 1.03. The first-order chi connectivity index (χ1) is 4.80. The molecular weight excluding hydrogens is 140 g/mol. The highest BCUT2D eigenvalue weighted by Gasteiger charge is 2.83. The third kappa shape index (κ3) is 0.798. The molecule has 0 aliphatic carbocycles. The maximum Gasteiger partial charge on any atom is 0.226 e. The van der Waals surface area contributed by atoms with Crippen LogP contribution >= 0.6 is 0 Å². The summed E-state index contributed by atoms with van der Waals surface area (Å²) in [5.41, 5.74) is 0.179. The highest BCUT2D eigenvalue weighted by atomic mass is 16.9. The van der Waals surface area contributed by atoms with Crippen LogP contribution in [0.5, 0.6) is 0 Å². The van der Waals surface area contributed by atoms with Gasteiger partial charge in [0.15, 0.2) is 0 Å². The summed E-state index contributed by atoms with van der Waals surface area (Å²) >= 11 is 0. The number of hydrogen-bond donors (Lipinski definition) is 0. The molecule has 2 nitrogen and oxygen atoms in total. The lowest BCUT2D eigenvalue weighted by Crippen LogP contribution is -2.20. The molecule has 0 amide bonds. The standard InChI is InChI=1S/C9H16O2/c1-7(2,3)6-9(10-6)8(4,5)11-9/h6H,1-5H3/t6?,9-/m1/s1. The Morgan fingerprint density at radius 1 is 1.18 bits per heavy atom. The van der Waals surface area contributed by atoms with Gasteiger partial charge >= 0.3 is 0 Å². The molecule has 2 heteroatoms. The van der Waals surface area contributed by atoms with Crippen molar-refractivity contribution >= 4 is 0 Å². The SMILES string of the molecule is CC(C)(C)C1O[C@@]12OC2(C)C. The fourth-order valence-corrected chi connectivity index (χ4v) is 1.78. The molecule has 0 aromatic heterocycles. The van der Waals surface area contributed by atoms with Gasteiger partial charge in [-0.1, -0.05) is 20.8 Å². The minimum absolute atomic E-state index is 0.0368. The maximum absolute atomic E-state index is 5.57. The Morgan fingerprint density at radius 2 is 1.64 bits per heavy atom. The van der Waals surface area contributed by atoms with Crippen molar-refractivity contribution in [1.29, 1.82) is 0 Å². The Hall–Kier alpha value is -0.0800. The zero-order valence-electron chi connectivity index (χ0n) is 7.89. The fraction of sp³-hybridized carbons (Fsp3) is 1.00. The van der Waals surface area contributed by atoms with E-state index in [4.69, 9.17) is 9.47 Å². The third-order valence-electron chi connectivity index (χ3n) is 2.57. The van der Waals surface area contributed by atoms with Crippen LogP contribution in [0, 0.1) is 5.41 Å². The molecule has 0 N–H and O–H groups in total. The summed E-state index contributed by atoms with van der Waals surface area (Å²) in [6.07, 6.45) is 0.296. The summed E-state index contributed by atoms with van der Waals surface area (Å²) in [7, 11) is 0. The van der Waals surface area contributed by atoms with Crippen molar-refractivity contribution in [2.75, 3.05) is 0 Å². The predicted octanol–water partition coefficient (Wildman–Crippen LogP) is 1.94. The van der Waals surface area contributed by atoms with E-state index < -0.39 is 0 Å². The number of ether oxygens (including phenoxy) is 2. The Balaban J connectivity index is 2.08. The number of epoxide rings is 2. The monoisotopic (exact) mass is 156 g/mol. The van der Waals surface area contributed by atoms with Crippen LogP contribution in [0.2, 0.25) is 0 Å². The van der Waals surface area contributed by atoms with Crippen LogP contribution in [-0.2, 0) is 9.47 Å². The Bertz CT molecular complexity index is 202. The molecule has 64 valence electrons. The van der Waals surface area contributed by atoms with E-state index in [1.807, 2.05) is 0 Å². The second-order valence-electron chi connectivity index (χ2n) is 5.14. The van der Waals surface area contributed by atoms with E-state index in [-0.39, 0.29) is 16.8 Å². The molecule has 2 saturated heterocycles. The van der Waals surface area contributed by atoms with Gasteiger partial charge in [-0.05, 0) is 19.3 Å². The molecule has 2 rings (SSSR count). The van der Waals surface area contributed by atoms with Crippen molar-refractivity contribution in [2.24, 2.45) is 5.41 Å². The zero-order valence-corrected chi connectivity index (χ0v) is 7.89. The van der Waals surface area contributed by atoms with E-state index in [0.717, 1.165) is 0 Å². The molecule has 0 radical (unpaired) electrons. The topological polar surface area (TPSA) is 25.1 Å². The first kappa shape index (κ1) is 7.56. The molecule has 2 heterocycles. The predicted molar refractivity (Wildman–Crippen MR) is 42.2 cm³/mol. The first-order valence-corrected chi connectivity index (χ1v) is 4.18. The van der Waals surface area contributed by atoms with E-state index in [2.05, 4.69) is 34.6 Å². The van der Waals surface area contributed by atoms with Gasteiger partial charge in [-0.3, -0.25) is 0 Å². The van der Waals surface area contributed by atoms with Crippen molar-refractivity contribution in [1.82, 2.24) is 0 Å². The lowest BCUT2D eigenvalue weighted by atomic mass is 9.87. The average molecular weight is 156 g/mol. The summed E-state index contributed by atoms with van der Waals surface area (Å²) in [6.45, 7) is 10.7. The van der Waals surface area contributed by atoms with Crippen molar-refractivity contribution in [3.63, 3.8) is 0 Å². The molecule has 11 heavy (non-hydrogen) atoms. The minimum atomic E-state index is -0.203. The highest BCUT2D eigenvalue weighted by molar-refractivity contribution is 5.21. The molecule has 0 aromatic rings. The molecule has 0 aromatic carbocycles. The molecule has 1 spiro atoms. The van der Waals surface area contributed by atoms with Gasteiger partial charge in [0.1, 0.15) is 11.7 Å². The molecule has 2 atom stereocenters. The summed E-state index contributed by atoms with van der Waals surface area (Å²) < 4.78 is 11.1. The van der Waals surface area contributed by atoms with Gasteiger partial charge in [-0.15, -0.1) is 0 Å². The van der Waals surface area contributed by atoms with Crippen molar-refractivity contribution in [3.8, 4) is 0 Å². The van der Waals surface area contributed by atoms with Gasteiger partial charge in [-0.2, -0.15) is 0 Å². The number of hydrogen-bond acceptors (Lipinski definition) is 2. The number of rotatable bonds is 0. The quantitative estimate of drug-likeness (QED) is 0.501. The summed E-state index contributed by atoms with van der Waals surface area (Å²) in [5, 5.41) is 0. The molecule has 2 aliphatic rings. The van der Waals surface area contributed by atoms with E-state index in [9.17, 15) is 0 Å². The molecular formula is C9H16O2. The van der Waals surface area contributed by atoms with E-state index in [1.54, 1.807) is 0 Å². The lowest BCUT2D eigenvalue weighted by Gasteiger charge is -2.13. The average Bonchev–Trinajstić information content (AvgIpc) is 2.48. The van der Waals surface area contributed by atoms with E-state index in [0.29, 0.717) is 6.10 Å². The van der Waals surface area contributed by atoms with Crippen LogP contribution < -0.4 is 0 Å². The van der Waals surface area contributed by atoms with Gasteiger partial charge in [0.25, 0.3) is 0 Å². The summed E-state index contributed by atoms with van der Waals surface area (Å²) in [4.78, 5) is 0. The second kappa shape index (κ2) is 1.50. The highest BCUT2D eigenvalue weighted by Crippen LogP contribution is 2.66. The van der Waals surface area contributed by atoms with Crippen LogP contribution in [0.25, 0.3) is 0 Å². The molecule has 1 unspecified atom stereocenters. The Morgan fingerprint density at radius 3 is 1.73 bits per heavy atom. The molecule has 0 saturated carbocycles. The van der Waals surface area contributed by atoms with Gasteiger partial charge in [0.05, 0.1) is 0 Å². The smallest absolute Gasteiger partial charge is 0.226 e. The summed E-state index contributed by atoms with van der Waals surface area (Å²) in [5.74, 6) is -0.203. The van der Waals surface area contributed by atoms with Gasteiger partial charge in [0.2, 0.25) is 5.79 Å². The maximum atomic E-state index is 5.57. The van der Waals surface area contributed by atoms with Crippen molar-refractivity contribution in [2.45, 2.75) is 52.1 Å². The van der Waals surface area contributed by atoms with Crippen LogP contribution in [0.4, 0.5) is 0 Å². The normalized spacial score (nSPS) is 46.1. The van der Waals surface area contributed by atoms with E-state index >= 15 is 0 Å². The molecule has 0 bridgehead atoms. The van der Waals surface area contributed by atoms with Crippen molar-refractivity contribution < 1.29 is 9.47 Å². The van der Waals surface area contributed by atoms with Crippen molar-refractivity contribution in [3.05, 3.63) is 0 Å². The van der Waals surface area contributed by atoms with Crippen LogP contribution in [0.1, 0.15) is 34.6 Å². The van der Waals surface area contributed by atoms with Gasteiger partial charge < -0.3 is 9.47 Å². The second-order valence-corrected chi connectivity index (χ2v) is 5.14. The van der Waals surface area contributed by atoms with E-state index in [1.165, 1.54) is 0 Å². The first-order valence-electron chi connectivity index (χ1n) is 4.18. The minimum Gasteiger partial charge on any atom is -0.335 e. The molecule has 2 aliphatic heterocycles. The zero-order chi connectivity index (χ0) is 8.49. The van der Waals surface area contributed by atoms with Gasteiger partial charge in [-0.25, -0.2) is 0 Å². The van der Waals surface area contributed by atoms with Crippen LogP contribution in [0.3, 0.4) is 0 Å². The third-order valence-corrected chi connectivity index (χ3v) is 2.57. The lowest BCUT2D eigenvalue weighted by molar-refractivity contribution is 0.226. The molecule has 2 fully saturated rings. The van der Waals surface area contributed by atoms with Crippen LogP contribution in [-0.4, -0.2) is 17.5 Å². The Labute approximate surface area is 67.9 Å². The van der Waals surface area contributed by atoms with Crippen LogP contribution in [0.15, 0.2) is 0 Å². The van der Waals surface area contributed by atoms with Gasteiger partial charge in [0, 0.05) is 0 Å². The fourth-order valence-electron chi connectivity index (χ4n) is 1.78.